The van der Waals surface area contributed by atoms with Crippen LogP contribution in [-0.2, 0) is 4.79 Å². The van der Waals surface area contributed by atoms with Crippen molar-refractivity contribution in [3.63, 3.8) is 0 Å². The van der Waals surface area contributed by atoms with Crippen LogP contribution in [0.1, 0.15) is 0 Å². The van der Waals surface area contributed by atoms with Crippen LogP contribution in [0.5, 0.6) is 0 Å². The summed E-state index contributed by atoms with van der Waals surface area (Å²) in [6, 6.07) is 27.1. The van der Waals surface area contributed by atoms with Crippen LogP contribution in [0.2, 0.25) is 0 Å². The van der Waals surface area contributed by atoms with E-state index in [0.717, 1.165) is 11.3 Å². The lowest BCUT2D eigenvalue weighted by molar-refractivity contribution is -0.113. The maximum Gasteiger partial charge on any atom is 0.234 e. The fourth-order valence-electron chi connectivity index (χ4n) is 3.62. The Morgan fingerprint density at radius 2 is 1.63 bits per heavy atom. The molecule has 0 aliphatic carbocycles. The molecule has 5 nitrogen and oxygen atoms in total. The maximum atomic E-state index is 12.2. The monoisotopic (exact) mass is 410 g/mol. The zero-order valence-corrected chi connectivity index (χ0v) is 16.8. The molecule has 0 saturated heterocycles. The molecule has 30 heavy (non-hydrogen) atoms. The quantitative estimate of drug-likeness (QED) is 0.296. The second-order valence-corrected chi connectivity index (χ2v) is 7.86. The van der Waals surface area contributed by atoms with Gasteiger partial charge in [-0.3, -0.25) is 4.79 Å². The lowest BCUT2D eigenvalue weighted by atomic mass is 9.93. The predicted octanol–water partition coefficient (Wildman–Crippen LogP) is 5.51. The molecular weight excluding hydrogens is 392 g/mol. The summed E-state index contributed by atoms with van der Waals surface area (Å²) < 4.78 is 0. The third-order valence-corrected chi connectivity index (χ3v) is 5.86. The number of carbonyl (C=O) groups is 1. The summed E-state index contributed by atoms with van der Waals surface area (Å²) in [5, 5.41) is 16.1. The van der Waals surface area contributed by atoms with Gasteiger partial charge in [-0.25, -0.2) is 0 Å². The molecule has 0 unspecified atom stereocenters. The summed E-state index contributed by atoms with van der Waals surface area (Å²) in [4.78, 5) is 15.1. The number of rotatable bonds is 5. The Bertz CT molecular complexity index is 1330. The third kappa shape index (κ3) is 3.65. The molecule has 1 heterocycles. The van der Waals surface area contributed by atoms with Gasteiger partial charge >= 0.3 is 0 Å². The molecule has 5 rings (SSSR count). The highest BCUT2D eigenvalue weighted by atomic mass is 32.2. The third-order valence-electron chi connectivity index (χ3n) is 4.98. The van der Waals surface area contributed by atoms with Gasteiger partial charge in [-0.05, 0) is 50.9 Å². The van der Waals surface area contributed by atoms with E-state index in [1.54, 1.807) is 0 Å². The maximum absolute atomic E-state index is 12.2. The molecule has 146 valence electrons. The van der Waals surface area contributed by atoms with Crippen LogP contribution in [0.4, 0.5) is 5.69 Å². The highest BCUT2D eigenvalue weighted by Gasteiger charge is 2.09. The molecule has 0 bridgehead atoms. The average molecular weight is 411 g/mol. The van der Waals surface area contributed by atoms with Gasteiger partial charge in [0.2, 0.25) is 5.91 Å². The molecule has 1 aromatic heterocycles. The first kappa shape index (κ1) is 18.4. The van der Waals surface area contributed by atoms with Crippen LogP contribution in [0, 0.1) is 0 Å². The summed E-state index contributed by atoms with van der Waals surface area (Å²) in [6.07, 6.45) is 1.50. The molecular formula is C24H18N4OS. The number of anilines is 1. The molecule has 4 aromatic carbocycles. The van der Waals surface area contributed by atoms with Crippen molar-refractivity contribution in [2.45, 2.75) is 5.16 Å². The molecule has 0 fully saturated rings. The summed E-state index contributed by atoms with van der Waals surface area (Å²) in [7, 11) is 0. The molecule has 0 saturated carbocycles. The summed E-state index contributed by atoms with van der Waals surface area (Å²) in [5.41, 5.74) is 3.07. The van der Waals surface area contributed by atoms with Crippen molar-refractivity contribution < 1.29 is 4.79 Å². The van der Waals surface area contributed by atoms with Crippen LogP contribution in [0.3, 0.4) is 0 Å². The second-order valence-electron chi connectivity index (χ2n) is 6.90. The van der Waals surface area contributed by atoms with Gasteiger partial charge in [0.25, 0.3) is 0 Å². The minimum absolute atomic E-state index is 0.0831. The molecule has 1 amide bonds. The van der Waals surface area contributed by atoms with Gasteiger partial charge in [0.1, 0.15) is 6.33 Å². The Morgan fingerprint density at radius 1 is 0.900 bits per heavy atom. The number of nitrogens with zero attached hydrogens (tertiary/aromatic N) is 2. The summed E-state index contributed by atoms with van der Waals surface area (Å²) >= 11 is 1.32. The first-order valence-corrected chi connectivity index (χ1v) is 10.6. The minimum Gasteiger partial charge on any atom is -0.325 e. The van der Waals surface area contributed by atoms with Crippen molar-refractivity contribution in [2.75, 3.05) is 11.1 Å². The number of fused-ring (bicyclic) bond motifs is 3. The molecule has 0 aliphatic heterocycles. The smallest absolute Gasteiger partial charge is 0.234 e. The van der Waals surface area contributed by atoms with E-state index in [9.17, 15) is 4.79 Å². The fourth-order valence-corrected chi connectivity index (χ4v) is 4.20. The molecule has 0 radical (unpaired) electrons. The molecule has 2 N–H and O–H groups in total. The minimum atomic E-state index is -0.0831. The number of hydrogen-bond acceptors (Lipinski definition) is 4. The van der Waals surface area contributed by atoms with E-state index in [-0.39, 0.29) is 11.7 Å². The van der Waals surface area contributed by atoms with Crippen LogP contribution >= 0.6 is 11.8 Å². The largest absolute Gasteiger partial charge is 0.325 e. The Morgan fingerprint density at radius 3 is 2.40 bits per heavy atom. The van der Waals surface area contributed by atoms with Crippen molar-refractivity contribution in [1.29, 1.82) is 0 Å². The molecule has 0 aliphatic rings. The average Bonchev–Trinajstić information content (AvgIpc) is 3.32. The highest BCUT2D eigenvalue weighted by Crippen LogP contribution is 2.35. The van der Waals surface area contributed by atoms with E-state index in [0.29, 0.717) is 5.16 Å². The standard InChI is InChI=1S/C24H18N4OS/c29-23(14-30-24-25-15-26-28-24)27-18-11-9-16(10-12-18)22-13-17-5-1-2-6-19(17)20-7-3-4-8-21(20)22/h1-13,15H,14H2,(H,27,29)(H,25,26,28). The number of thioether (sulfide) groups is 1. The van der Waals surface area contributed by atoms with Crippen molar-refractivity contribution in [1.82, 2.24) is 15.2 Å². The Hall–Kier alpha value is -3.64. The van der Waals surface area contributed by atoms with Crippen LogP contribution in [-0.4, -0.2) is 26.8 Å². The first-order chi connectivity index (χ1) is 14.8. The first-order valence-electron chi connectivity index (χ1n) is 9.57. The Balaban J connectivity index is 1.41. The van der Waals surface area contributed by atoms with Crippen molar-refractivity contribution in [3.8, 4) is 11.1 Å². The van der Waals surface area contributed by atoms with Crippen molar-refractivity contribution >= 4 is 44.9 Å². The number of carbonyl (C=O) groups excluding carboxylic acids is 1. The number of aromatic nitrogens is 3. The SMILES string of the molecule is O=C(CSc1nnc[nH]1)Nc1ccc(-c2cc3ccccc3c3ccccc23)cc1. The van der Waals surface area contributed by atoms with Crippen LogP contribution in [0.15, 0.2) is 90.3 Å². The predicted molar refractivity (Wildman–Crippen MR) is 123 cm³/mol. The van der Waals surface area contributed by atoms with Gasteiger partial charge in [-0.1, -0.05) is 72.4 Å². The van der Waals surface area contributed by atoms with Gasteiger partial charge in [-0.15, -0.1) is 10.2 Å². The zero-order chi connectivity index (χ0) is 20.3. The van der Waals surface area contributed by atoms with Gasteiger partial charge < -0.3 is 10.3 Å². The lowest BCUT2D eigenvalue weighted by Crippen LogP contribution is -2.14. The number of hydrogen-bond donors (Lipinski definition) is 2. The van der Waals surface area contributed by atoms with E-state index < -0.39 is 0 Å². The molecule has 5 aromatic rings. The van der Waals surface area contributed by atoms with Crippen LogP contribution < -0.4 is 5.32 Å². The summed E-state index contributed by atoms with van der Waals surface area (Å²) in [5.74, 6) is 0.187. The number of amides is 1. The van der Waals surface area contributed by atoms with E-state index in [4.69, 9.17) is 0 Å². The highest BCUT2D eigenvalue weighted by molar-refractivity contribution is 7.99. The van der Waals surface area contributed by atoms with E-state index in [2.05, 4.69) is 87.2 Å². The number of aromatic amines is 1. The zero-order valence-electron chi connectivity index (χ0n) is 16.0. The summed E-state index contributed by atoms with van der Waals surface area (Å²) in [6.45, 7) is 0. The number of H-pyrrole nitrogens is 1. The van der Waals surface area contributed by atoms with Crippen molar-refractivity contribution in [3.05, 3.63) is 85.2 Å². The lowest BCUT2D eigenvalue weighted by Gasteiger charge is -2.12. The van der Waals surface area contributed by atoms with Gasteiger partial charge in [-0.2, -0.15) is 0 Å². The van der Waals surface area contributed by atoms with E-state index in [1.807, 2.05) is 12.1 Å². The van der Waals surface area contributed by atoms with Gasteiger partial charge in [0.05, 0.1) is 5.75 Å². The van der Waals surface area contributed by atoms with E-state index in [1.165, 1.54) is 45.2 Å². The molecule has 6 heteroatoms. The normalized spacial score (nSPS) is 11.1. The van der Waals surface area contributed by atoms with Crippen LogP contribution in [0.25, 0.3) is 32.7 Å². The Labute approximate surface area is 177 Å². The second kappa shape index (κ2) is 8.00. The topological polar surface area (TPSA) is 70.7 Å². The molecule has 0 spiro atoms. The van der Waals surface area contributed by atoms with Crippen molar-refractivity contribution in [2.24, 2.45) is 0 Å². The molecule has 0 atom stereocenters. The number of nitrogens with one attached hydrogen (secondary N) is 2. The fraction of sp³-hybridized carbons (Fsp3) is 0.0417. The van der Waals surface area contributed by atoms with Gasteiger partial charge in [0.15, 0.2) is 5.16 Å². The van der Waals surface area contributed by atoms with E-state index >= 15 is 0 Å². The number of benzene rings is 4. The Kier molecular flexibility index (Phi) is 4.91. The van der Waals surface area contributed by atoms with Gasteiger partial charge in [0, 0.05) is 5.69 Å².